The summed E-state index contributed by atoms with van der Waals surface area (Å²) in [6, 6.07) is 5.24. The Morgan fingerprint density at radius 3 is 2.85 bits per heavy atom. The predicted octanol–water partition coefficient (Wildman–Crippen LogP) is 2.80. The SMILES string of the molecule is COCCC(C)(C)Cn1cnc2c(C(=O)O)cccc21. The molecule has 0 aliphatic carbocycles. The third-order valence-electron chi connectivity index (χ3n) is 3.46. The lowest BCUT2D eigenvalue weighted by Crippen LogP contribution is -2.21. The molecule has 1 heterocycles. The number of aromatic carboxylic acids is 1. The van der Waals surface area contributed by atoms with Crippen LogP contribution in [0.15, 0.2) is 24.5 Å². The molecule has 0 bridgehead atoms. The van der Waals surface area contributed by atoms with Crippen molar-refractivity contribution in [2.75, 3.05) is 13.7 Å². The van der Waals surface area contributed by atoms with Crippen molar-refractivity contribution in [1.82, 2.24) is 9.55 Å². The first-order valence-electron chi connectivity index (χ1n) is 6.61. The van der Waals surface area contributed by atoms with Crippen LogP contribution in [0, 0.1) is 5.41 Å². The lowest BCUT2D eigenvalue weighted by atomic mass is 9.89. The number of hydrogen-bond acceptors (Lipinski definition) is 3. The van der Waals surface area contributed by atoms with Crippen LogP contribution in [0.2, 0.25) is 0 Å². The number of rotatable bonds is 6. The van der Waals surface area contributed by atoms with Crippen molar-refractivity contribution in [2.45, 2.75) is 26.8 Å². The number of fused-ring (bicyclic) bond motifs is 1. The number of carboxylic acids is 1. The Morgan fingerprint density at radius 1 is 1.45 bits per heavy atom. The first-order chi connectivity index (χ1) is 9.44. The van der Waals surface area contributed by atoms with E-state index in [2.05, 4.69) is 18.8 Å². The molecule has 0 atom stereocenters. The van der Waals surface area contributed by atoms with E-state index in [1.807, 2.05) is 10.6 Å². The third-order valence-corrected chi connectivity index (χ3v) is 3.46. The van der Waals surface area contributed by atoms with Crippen LogP contribution in [0.4, 0.5) is 0 Å². The van der Waals surface area contributed by atoms with Crippen LogP contribution in [0.3, 0.4) is 0 Å². The number of imidazole rings is 1. The maximum atomic E-state index is 11.2. The average molecular weight is 276 g/mol. The topological polar surface area (TPSA) is 64.4 Å². The van der Waals surface area contributed by atoms with Crippen molar-refractivity contribution >= 4 is 17.0 Å². The molecule has 0 unspecified atom stereocenters. The van der Waals surface area contributed by atoms with Crippen molar-refractivity contribution in [2.24, 2.45) is 5.41 Å². The summed E-state index contributed by atoms with van der Waals surface area (Å²) >= 11 is 0. The molecule has 20 heavy (non-hydrogen) atoms. The highest BCUT2D eigenvalue weighted by Gasteiger charge is 2.20. The van der Waals surface area contributed by atoms with E-state index in [9.17, 15) is 9.90 Å². The number of nitrogens with zero attached hydrogens (tertiary/aromatic N) is 2. The van der Waals surface area contributed by atoms with Crippen molar-refractivity contribution in [3.05, 3.63) is 30.1 Å². The molecule has 5 heteroatoms. The Balaban J connectivity index is 2.32. The van der Waals surface area contributed by atoms with E-state index < -0.39 is 5.97 Å². The molecule has 0 spiro atoms. The van der Waals surface area contributed by atoms with Gasteiger partial charge in [-0.15, -0.1) is 0 Å². The van der Waals surface area contributed by atoms with Gasteiger partial charge in [-0.1, -0.05) is 19.9 Å². The highest BCUT2D eigenvalue weighted by molar-refractivity contribution is 6.00. The van der Waals surface area contributed by atoms with Gasteiger partial charge in [0.25, 0.3) is 0 Å². The molecule has 2 aromatic rings. The Kier molecular flexibility index (Phi) is 4.09. The van der Waals surface area contributed by atoms with E-state index in [1.165, 1.54) is 0 Å². The fourth-order valence-electron chi connectivity index (χ4n) is 2.31. The zero-order valence-electron chi connectivity index (χ0n) is 12.1. The molecule has 5 nitrogen and oxygen atoms in total. The van der Waals surface area contributed by atoms with Crippen LogP contribution in [0.5, 0.6) is 0 Å². The van der Waals surface area contributed by atoms with Gasteiger partial charge in [0, 0.05) is 20.3 Å². The van der Waals surface area contributed by atoms with Gasteiger partial charge in [0.15, 0.2) is 0 Å². The molecule has 2 rings (SSSR count). The second kappa shape index (κ2) is 5.63. The lowest BCUT2D eigenvalue weighted by Gasteiger charge is -2.25. The summed E-state index contributed by atoms with van der Waals surface area (Å²) in [7, 11) is 1.70. The van der Waals surface area contributed by atoms with E-state index in [0.29, 0.717) is 12.1 Å². The smallest absolute Gasteiger partial charge is 0.337 e. The molecule has 1 N–H and O–H groups in total. The summed E-state index contributed by atoms with van der Waals surface area (Å²) in [5, 5.41) is 9.18. The van der Waals surface area contributed by atoms with Gasteiger partial charge in [0.1, 0.15) is 5.52 Å². The van der Waals surface area contributed by atoms with Crippen LogP contribution in [-0.2, 0) is 11.3 Å². The van der Waals surface area contributed by atoms with Crippen molar-refractivity contribution < 1.29 is 14.6 Å². The minimum atomic E-state index is -0.945. The molecule has 0 aliphatic heterocycles. The number of hydrogen-bond donors (Lipinski definition) is 1. The Hall–Kier alpha value is -1.88. The minimum Gasteiger partial charge on any atom is -0.478 e. The molecular formula is C15H20N2O3. The quantitative estimate of drug-likeness (QED) is 0.881. The zero-order valence-corrected chi connectivity index (χ0v) is 12.1. The monoisotopic (exact) mass is 276 g/mol. The lowest BCUT2D eigenvalue weighted by molar-refractivity contribution is 0.0699. The first kappa shape index (κ1) is 14.5. The number of methoxy groups -OCH3 is 1. The van der Waals surface area contributed by atoms with Gasteiger partial charge in [-0.3, -0.25) is 0 Å². The number of para-hydroxylation sites is 1. The minimum absolute atomic E-state index is 0.0584. The molecule has 108 valence electrons. The average Bonchev–Trinajstić information content (AvgIpc) is 2.79. The zero-order chi connectivity index (χ0) is 14.8. The molecule has 0 amide bonds. The Labute approximate surface area is 118 Å². The van der Waals surface area contributed by atoms with Crippen LogP contribution in [0.1, 0.15) is 30.6 Å². The van der Waals surface area contributed by atoms with Crippen LogP contribution >= 0.6 is 0 Å². The molecule has 0 radical (unpaired) electrons. The van der Waals surface area contributed by atoms with Crippen LogP contribution in [0.25, 0.3) is 11.0 Å². The van der Waals surface area contributed by atoms with E-state index in [1.54, 1.807) is 25.6 Å². The van der Waals surface area contributed by atoms with Gasteiger partial charge >= 0.3 is 5.97 Å². The van der Waals surface area contributed by atoms with Gasteiger partial charge in [0.05, 0.1) is 17.4 Å². The van der Waals surface area contributed by atoms with Crippen molar-refractivity contribution in [1.29, 1.82) is 0 Å². The van der Waals surface area contributed by atoms with Crippen molar-refractivity contribution in [3.8, 4) is 0 Å². The second-order valence-electron chi connectivity index (χ2n) is 5.76. The standard InChI is InChI=1S/C15H20N2O3/c1-15(2,7-8-20-3)9-17-10-16-13-11(14(18)19)5-4-6-12(13)17/h4-6,10H,7-9H2,1-3H3,(H,18,19). The van der Waals surface area contributed by atoms with Crippen LogP contribution in [-0.4, -0.2) is 34.3 Å². The summed E-state index contributed by atoms with van der Waals surface area (Å²) in [6.07, 6.45) is 2.65. The number of carbonyl (C=O) groups is 1. The van der Waals surface area contributed by atoms with Crippen LogP contribution < -0.4 is 0 Å². The second-order valence-corrected chi connectivity index (χ2v) is 5.76. The van der Waals surface area contributed by atoms with Gasteiger partial charge in [-0.25, -0.2) is 9.78 Å². The summed E-state index contributed by atoms with van der Waals surface area (Å²) in [4.78, 5) is 15.4. The third kappa shape index (κ3) is 2.99. The maximum Gasteiger partial charge on any atom is 0.337 e. The van der Waals surface area contributed by atoms with Gasteiger partial charge < -0.3 is 14.4 Å². The molecular weight excluding hydrogens is 256 g/mol. The number of carboxylic acid groups (broad SMARTS) is 1. The molecule has 1 aromatic heterocycles. The molecule has 0 saturated heterocycles. The molecule has 1 aromatic carbocycles. The van der Waals surface area contributed by atoms with E-state index >= 15 is 0 Å². The maximum absolute atomic E-state index is 11.2. The number of benzene rings is 1. The fraction of sp³-hybridized carbons (Fsp3) is 0.467. The molecule has 0 aliphatic rings. The van der Waals surface area contributed by atoms with E-state index in [4.69, 9.17) is 4.74 Å². The molecule has 0 saturated carbocycles. The van der Waals surface area contributed by atoms with Crippen molar-refractivity contribution in [3.63, 3.8) is 0 Å². The van der Waals surface area contributed by atoms with Gasteiger partial charge in [-0.2, -0.15) is 0 Å². The van der Waals surface area contributed by atoms with E-state index in [-0.39, 0.29) is 11.0 Å². The first-order valence-corrected chi connectivity index (χ1v) is 6.61. The van der Waals surface area contributed by atoms with E-state index in [0.717, 1.165) is 18.5 Å². The summed E-state index contributed by atoms with van der Waals surface area (Å²) < 4.78 is 7.14. The highest BCUT2D eigenvalue weighted by atomic mass is 16.5. The molecule has 0 fully saturated rings. The Bertz CT molecular complexity index is 617. The Morgan fingerprint density at radius 2 is 2.20 bits per heavy atom. The summed E-state index contributed by atoms with van der Waals surface area (Å²) in [6.45, 7) is 5.81. The normalized spacial score (nSPS) is 11.9. The van der Waals surface area contributed by atoms with Gasteiger partial charge in [-0.05, 0) is 24.0 Å². The number of aromatic nitrogens is 2. The predicted molar refractivity (Wildman–Crippen MR) is 77.0 cm³/mol. The fourth-order valence-corrected chi connectivity index (χ4v) is 2.31. The summed E-state index contributed by atoms with van der Waals surface area (Å²) in [5.41, 5.74) is 1.71. The summed E-state index contributed by atoms with van der Waals surface area (Å²) in [5.74, 6) is -0.945. The highest BCUT2D eigenvalue weighted by Crippen LogP contribution is 2.26. The number of ether oxygens (including phenoxy) is 1. The largest absolute Gasteiger partial charge is 0.478 e. The van der Waals surface area contributed by atoms with Gasteiger partial charge in [0.2, 0.25) is 0 Å².